The van der Waals surface area contributed by atoms with Gasteiger partial charge in [-0.05, 0) is 18.6 Å². The number of nitrogens with zero attached hydrogens (tertiary/aromatic N) is 3. The van der Waals surface area contributed by atoms with Crippen LogP contribution in [0.2, 0.25) is 0 Å². The SMILES string of the molecule is CC(=O)N1CCCN(C(=O)c2cc3c(cn2)sc2ccccc23)CC1. The van der Waals surface area contributed by atoms with Crippen molar-refractivity contribution in [3.05, 3.63) is 42.2 Å². The summed E-state index contributed by atoms with van der Waals surface area (Å²) in [5.74, 6) is 0.0150. The second-order valence-electron chi connectivity index (χ2n) is 6.32. The van der Waals surface area contributed by atoms with Crippen LogP contribution in [-0.4, -0.2) is 52.8 Å². The molecule has 0 N–H and O–H groups in total. The molecule has 0 unspecified atom stereocenters. The summed E-state index contributed by atoms with van der Waals surface area (Å²) in [7, 11) is 0. The van der Waals surface area contributed by atoms with Crippen molar-refractivity contribution in [2.45, 2.75) is 13.3 Å². The van der Waals surface area contributed by atoms with Crippen molar-refractivity contribution in [1.82, 2.24) is 14.8 Å². The largest absolute Gasteiger partial charge is 0.341 e. The highest BCUT2D eigenvalue weighted by Crippen LogP contribution is 2.33. The van der Waals surface area contributed by atoms with Crippen LogP contribution in [0.25, 0.3) is 20.2 Å². The molecule has 0 aliphatic carbocycles. The molecule has 1 aliphatic rings. The van der Waals surface area contributed by atoms with E-state index in [2.05, 4.69) is 17.1 Å². The van der Waals surface area contributed by atoms with Gasteiger partial charge in [0.15, 0.2) is 0 Å². The molecule has 0 saturated carbocycles. The van der Waals surface area contributed by atoms with Gasteiger partial charge >= 0.3 is 0 Å². The zero-order chi connectivity index (χ0) is 17.4. The van der Waals surface area contributed by atoms with Gasteiger partial charge in [-0.2, -0.15) is 0 Å². The molecule has 0 bridgehead atoms. The Kier molecular flexibility index (Phi) is 4.13. The number of benzene rings is 1. The van der Waals surface area contributed by atoms with Crippen LogP contribution in [0.15, 0.2) is 36.5 Å². The maximum atomic E-state index is 12.9. The van der Waals surface area contributed by atoms with Gasteiger partial charge in [-0.25, -0.2) is 4.98 Å². The predicted octanol–water partition coefficient (Wildman–Crippen LogP) is 3.14. The summed E-state index contributed by atoms with van der Waals surface area (Å²) in [6, 6.07) is 10.1. The third-order valence-electron chi connectivity index (χ3n) is 4.71. The number of rotatable bonds is 1. The first-order chi connectivity index (χ1) is 12.1. The molecule has 0 spiro atoms. The fraction of sp³-hybridized carbons (Fsp3) is 0.316. The summed E-state index contributed by atoms with van der Waals surface area (Å²) >= 11 is 1.69. The molecule has 2 aromatic heterocycles. The van der Waals surface area contributed by atoms with Crippen LogP contribution in [0.3, 0.4) is 0 Å². The van der Waals surface area contributed by atoms with Gasteiger partial charge in [-0.15, -0.1) is 11.3 Å². The molecule has 6 heteroatoms. The van der Waals surface area contributed by atoms with Crippen LogP contribution in [0.4, 0.5) is 0 Å². The summed E-state index contributed by atoms with van der Waals surface area (Å²) in [6.07, 6.45) is 2.60. The Labute approximate surface area is 149 Å². The van der Waals surface area contributed by atoms with Gasteiger partial charge in [0.2, 0.25) is 5.91 Å². The number of hydrogen-bond acceptors (Lipinski definition) is 4. The molecule has 1 saturated heterocycles. The Morgan fingerprint density at radius 1 is 1.00 bits per heavy atom. The fourth-order valence-corrected chi connectivity index (χ4v) is 4.40. The van der Waals surface area contributed by atoms with Gasteiger partial charge in [0.05, 0.1) is 4.70 Å². The van der Waals surface area contributed by atoms with Crippen LogP contribution < -0.4 is 0 Å². The summed E-state index contributed by atoms with van der Waals surface area (Å²) in [5.41, 5.74) is 0.479. The van der Waals surface area contributed by atoms with Crippen LogP contribution in [0.5, 0.6) is 0 Å². The molecule has 1 aliphatic heterocycles. The highest BCUT2D eigenvalue weighted by Gasteiger charge is 2.22. The average molecular weight is 353 g/mol. The van der Waals surface area contributed by atoms with E-state index >= 15 is 0 Å². The van der Waals surface area contributed by atoms with Crippen LogP contribution in [-0.2, 0) is 4.79 Å². The zero-order valence-electron chi connectivity index (χ0n) is 14.1. The average Bonchev–Trinajstić information content (AvgIpc) is 2.81. The molecule has 0 radical (unpaired) electrons. The van der Waals surface area contributed by atoms with Crippen LogP contribution in [0.1, 0.15) is 23.8 Å². The zero-order valence-corrected chi connectivity index (χ0v) is 14.9. The number of aromatic nitrogens is 1. The lowest BCUT2D eigenvalue weighted by molar-refractivity contribution is -0.128. The lowest BCUT2D eigenvalue weighted by atomic mass is 10.1. The van der Waals surface area contributed by atoms with Gasteiger partial charge in [0.25, 0.3) is 5.91 Å². The quantitative estimate of drug-likeness (QED) is 0.675. The van der Waals surface area contributed by atoms with Gasteiger partial charge in [0, 0.05) is 54.8 Å². The van der Waals surface area contributed by atoms with Crippen molar-refractivity contribution in [3.8, 4) is 0 Å². The Morgan fingerprint density at radius 2 is 1.76 bits per heavy atom. The summed E-state index contributed by atoms with van der Waals surface area (Å²) in [5, 5.41) is 2.25. The summed E-state index contributed by atoms with van der Waals surface area (Å²) in [6.45, 7) is 4.09. The first kappa shape index (κ1) is 16.0. The minimum atomic E-state index is -0.0532. The molecule has 1 fully saturated rings. The monoisotopic (exact) mass is 353 g/mol. The standard InChI is InChI=1S/C19H19N3O2S/c1-13(23)21-7-4-8-22(10-9-21)19(24)16-11-15-14-5-2-3-6-17(14)25-18(15)12-20-16/h2-3,5-6,11-12H,4,7-10H2,1H3. The number of carbonyl (C=O) groups is 2. The molecule has 25 heavy (non-hydrogen) atoms. The predicted molar refractivity (Wildman–Crippen MR) is 99.9 cm³/mol. The first-order valence-corrected chi connectivity index (χ1v) is 9.27. The van der Waals surface area contributed by atoms with Gasteiger partial charge in [0.1, 0.15) is 5.69 Å². The van der Waals surface area contributed by atoms with E-state index in [9.17, 15) is 9.59 Å². The van der Waals surface area contributed by atoms with E-state index in [4.69, 9.17) is 0 Å². The third-order valence-corrected chi connectivity index (χ3v) is 5.83. The summed E-state index contributed by atoms with van der Waals surface area (Å²) < 4.78 is 2.30. The Bertz CT molecular complexity index is 966. The lowest BCUT2D eigenvalue weighted by Gasteiger charge is -2.21. The molecule has 4 rings (SSSR count). The number of amides is 2. The minimum absolute atomic E-state index is 0.0532. The van der Waals surface area contributed by atoms with Gasteiger partial charge in [-0.1, -0.05) is 18.2 Å². The van der Waals surface area contributed by atoms with E-state index in [1.165, 1.54) is 4.70 Å². The van der Waals surface area contributed by atoms with Crippen molar-refractivity contribution < 1.29 is 9.59 Å². The molecule has 3 aromatic rings. The highest BCUT2D eigenvalue weighted by molar-refractivity contribution is 7.25. The van der Waals surface area contributed by atoms with Crippen molar-refractivity contribution in [1.29, 1.82) is 0 Å². The van der Waals surface area contributed by atoms with Gasteiger partial charge < -0.3 is 9.80 Å². The van der Waals surface area contributed by atoms with Gasteiger partial charge in [-0.3, -0.25) is 9.59 Å². The normalized spacial score (nSPS) is 15.6. The number of carbonyl (C=O) groups excluding carboxylic acids is 2. The molecule has 128 valence electrons. The molecule has 2 amide bonds. The fourth-order valence-electron chi connectivity index (χ4n) is 3.35. The molecule has 1 aromatic carbocycles. The topological polar surface area (TPSA) is 53.5 Å². The Balaban J connectivity index is 1.63. The second-order valence-corrected chi connectivity index (χ2v) is 7.40. The maximum Gasteiger partial charge on any atom is 0.272 e. The van der Waals surface area contributed by atoms with E-state index < -0.39 is 0 Å². The van der Waals surface area contributed by atoms with E-state index in [-0.39, 0.29) is 11.8 Å². The number of pyridine rings is 1. The van der Waals surface area contributed by atoms with Crippen molar-refractivity contribution in [2.75, 3.05) is 26.2 Å². The lowest BCUT2D eigenvalue weighted by Crippen LogP contribution is -2.36. The van der Waals surface area contributed by atoms with Crippen molar-refractivity contribution >= 4 is 43.3 Å². The Hall–Kier alpha value is -2.47. The summed E-state index contributed by atoms with van der Waals surface area (Å²) in [4.78, 5) is 32.5. The third kappa shape index (κ3) is 2.98. The maximum absolute atomic E-state index is 12.9. The highest BCUT2D eigenvalue weighted by atomic mass is 32.1. The molecule has 5 nitrogen and oxygen atoms in total. The molecule has 3 heterocycles. The molecular weight excluding hydrogens is 334 g/mol. The Morgan fingerprint density at radius 3 is 2.60 bits per heavy atom. The van der Waals surface area contributed by atoms with E-state index in [1.54, 1.807) is 29.4 Å². The van der Waals surface area contributed by atoms with E-state index in [1.807, 2.05) is 23.1 Å². The number of hydrogen-bond donors (Lipinski definition) is 0. The number of fused-ring (bicyclic) bond motifs is 3. The number of thiophene rings is 1. The molecular formula is C19H19N3O2S. The first-order valence-electron chi connectivity index (χ1n) is 8.45. The smallest absolute Gasteiger partial charge is 0.272 e. The minimum Gasteiger partial charge on any atom is -0.341 e. The van der Waals surface area contributed by atoms with E-state index in [0.29, 0.717) is 31.9 Å². The van der Waals surface area contributed by atoms with E-state index in [0.717, 1.165) is 21.9 Å². The van der Waals surface area contributed by atoms with Crippen molar-refractivity contribution in [3.63, 3.8) is 0 Å². The van der Waals surface area contributed by atoms with Crippen molar-refractivity contribution in [2.24, 2.45) is 0 Å². The van der Waals surface area contributed by atoms with Crippen LogP contribution in [0, 0.1) is 0 Å². The van der Waals surface area contributed by atoms with Crippen LogP contribution >= 0.6 is 11.3 Å². The molecule has 0 atom stereocenters. The second kappa shape index (κ2) is 6.44.